The van der Waals surface area contributed by atoms with Gasteiger partial charge in [-0.05, 0) is 18.2 Å². The van der Waals surface area contributed by atoms with E-state index in [0.29, 0.717) is 29.7 Å². The maximum atomic E-state index is 5.44. The van der Waals surface area contributed by atoms with Crippen molar-refractivity contribution >= 4 is 16.7 Å². The highest BCUT2D eigenvalue weighted by Crippen LogP contribution is 2.35. The Hall–Kier alpha value is -3.54. The van der Waals surface area contributed by atoms with Crippen LogP contribution in [-0.2, 0) is 6.54 Å². The molecule has 0 atom stereocenters. The van der Waals surface area contributed by atoms with Crippen LogP contribution in [0.4, 0.5) is 5.82 Å². The van der Waals surface area contributed by atoms with Crippen LogP contribution in [0.1, 0.15) is 5.76 Å². The lowest BCUT2D eigenvalue weighted by atomic mass is 10.1. The molecular formula is C21H19N3O3. The van der Waals surface area contributed by atoms with Crippen LogP contribution in [0.2, 0.25) is 0 Å². The van der Waals surface area contributed by atoms with Crippen molar-refractivity contribution in [3.05, 3.63) is 66.6 Å². The van der Waals surface area contributed by atoms with Crippen molar-refractivity contribution < 1.29 is 13.9 Å². The summed E-state index contributed by atoms with van der Waals surface area (Å²) in [5, 5.41) is 4.19. The minimum Gasteiger partial charge on any atom is -0.493 e. The smallest absolute Gasteiger partial charge is 0.162 e. The number of benzene rings is 2. The van der Waals surface area contributed by atoms with E-state index in [1.165, 1.54) is 0 Å². The molecule has 0 unspecified atom stereocenters. The van der Waals surface area contributed by atoms with Gasteiger partial charge in [0.15, 0.2) is 17.3 Å². The van der Waals surface area contributed by atoms with E-state index in [-0.39, 0.29) is 0 Å². The van der Waals surface area contributed by atoms with Crippen molar-refractivity contribution in [3.8, 4) is 22.9 Å². The van der Waals surface area contributed by atoms with Crippen molar-refractivity contribution in [2.75, 3.05) is 19.5 Å². The highest BCUT2D eigenvalue weighted by Gasteiger charge is 2.14. The normalized spacial score (nSPS) is 10.7. The van der Waals surface area contributed by atoms with E-state index < -0.39 is 0 Å². The van der Waals surface area contributed by atoms with Gasteiger partial charge in [-0.25, -0.2) is 9.97 Å². The molecule has 0 bridgehead atoms. The molecule has 6 heteroatoms. The molecule has 0 aliphatic heterocycles. The van der Waals surface area contributed by atoms with Crippen LogP contribution in [-0.4, -0.2) is 24.2 Å². The van der Waals surface area contributed by atoms with Gasteiger partial charge in [0, 0.05) is 17.0 Å². The number of hydrogen-bond acceptors (Lipinski definition) is 6. The molecular weight excluding hydrogens is 342 g/mol. The summed E-state index contributed by atoms with van der Waals surface area (Å²) in [6, 6.07) is 17.4. The number of aromatic nitrogens is 2. The SMILES string of the molecule is COc1cc2nc(-c3ccccc3)nc(NCc3ccco3)c2cc1OC. The molecule has 27 heavy (non-hydrogen) atoms. The van der Waals surface area contributed by atoms with Gasteiger partial charge in [0.05, 0.1) is 32.5 Å². The van der Waals surface area contributed by atoms with Crippen LogP contribution in [0.25, 0.3) is 22.3 Å². The summed E-state index contributed by atoms with van der Waals surface area (Å²) in [5.74, 6) is 3.42. The van der Waals surface area contributed by atoms with E-state index in [4.69, 9.17) is 23.9 Å². The maximum absolute atomic E-state index is 5.44. The lowest BCUT2D eigenvalue weighted by Crippen LogP contribution is -2.04. The lowest BCUT2D eigenvalue weighted by molar-refractivity contribution is 0.356. The Labute approximate surface area is 156 Å². The van der Waals surface area contributed by atoms with Crippen LogP contribution in [0.15, 0.2) is 65.3 Å². The van der Waals surface area contributed by atoms with Gasteiger partial charge in [0.25, 0.3) is 0 Å². The number of methoxy groups -OCH3 is 2. The quantitative estimate of drug-likeness (QED) is 0.544. The summed E-state index contributed by atoms with van der Waals surface area (Å²) in [7, 11) is 3.22. The zero-order chi connectivity index (χ0) is 18.6. The maximum Gasteiger partial charge on any atom is 0.162 e. The first-order valence-corrected chi connectivity index (χ1v) is 8.54. The zero-order valence-electron chi connectivity index (χ0n) is 15.1. The zero-order valence-corrected chi connectivity index (χ0v) is 15.1. The van der Waals surface area contributed by atoms with Gasteiger partial charge in [0.2, 0.25) is 0 Å². The van der Waals surface area contributed by atoms with E-state index in [0.717, 1.165) is 22.2 Å². The topological polar surface area (TPSA) is 69.4 Å². The second-order valence-electron chi connectivity index (χ2n) is 5.92. The Kier molecular flexibility index (Phi) is 4.61. The molecule has 0 amide bonds. The predicted molar refractivity (Wildman–Crippen MR) is 104 cm³/mol. The number of anilines is 1. The van der Waals surface area contributed by atoms with E-state index in [2.05, 4.69) is 5.32 Å². The molecule has 2 aromatic heterocycles. The lowest BCUT2D eigenvalue weighted by Gasteiger charge is -2.13. The molecule has 4 aromatic rings. The van der Waals surface area contributed by atoms with Crippen LogP contribution < -0.4 is 14.8 Å². The Balaban J connectivity index is 1.85. The number of nitrogens with one attached hydrogen (secondary N) is 1. The number of ether oxygens (including phenoxy) is 2. The summed E-state index contributed by atoms with van der Waals surface area (Å²) in [5.41, 5.74) is 1.71. The Morgan fingerprint density at radius 1 is 0.926 bits per heavy atom. The second kappa shape index (κ2) is 7.37. The third kappa shape index (κ3) is 3.42. The summed E-state index contributed by atoms with van der Waals surface area (Å²) in [4.78, 5) is 9.47. The average Bonchev–Trinajstić information content (AvgIpc) is 3.25. The first-order chi connectivity index (χ1) is 13.3. The molecule has 0 fully saturated rings. The molecule has 0 spiro atoms. The first-order valence-electron chi connectivity index (χ1n) is 8.54. The highest BCUT2D eigenvalue weighted by molar-refractivity contribution is 5.93. The molecule has 0 radical (unpaired) electrons. The molecule has 0 saturated carbocycles. The van der Waals surface area contributed by atoms with E-state index in [1.807, 2.05) is 54.6 Å². The molecule has 4 rings (SSSR count). The summed E-state index contributed by atoms with van der Waals surface area (Å²) < 4.78 is 16.3. The van der Waals surface area contributed by atoms with Crippen LogP contribution >= 0.6 is 0 Å². The van der Waals surface area contributed by atoms with E-state index in [9.17, 15) is 0 Å². The Morgan fingerprint density at radius 2 is 1.70 bits per heavy atom. The summed E-state index contributed by atoms with van der Waals surface area (Å²) >= 11 is 0. The van der Waals surface area contributed by atoms with Crippen molar-refractivity contribution in [3.63, 3.8) is 0 Å². The van der Waals surface area contributed by atoms with Gasteiger partial charge < -0.3 is 19.2 Å². The second-order valence-corrected chi connectivity index (χ2v) is 5.92. The van der Waals surface area contributed by atoms with Gasteiger partial charge in [-0.2, -0.15) is 0 Å². The molecule has 1 N–H and O–H groups in total. The Morgan fingerprint density at radius 3 is 2.41 bits per heavy atom. The number of hydrogen-bond donors (Lipinski definition) is 1. The third-order valence-corrected chi connectivity index (χ3v) is 4.24. The van der Waals surface area contributed by atoms with Crippen molar-refractivity contribution in [1.82, 2.24) is 9.97 Å². The van der Waals surface area contributed by atoms with Crippen molar-refractivity contribution in [2.45, 2.75) is 6.54 Å². The van der Waals surface area contributed by atoms with Gasteiger partial charge in [-0.15, -0.1) is 0 Å². The molecule has 2 heterocycles. The van der Waals surface area contributed by atoms with Gasteiger partial charge in [-0.3, -0.25) is 0 Å². The summed E-state index contributed by atoms with van der Waals surface area (Å²) in [6.07, 6.45) is 1.65. The Bertz CT molecular complexity index is 1050. The highest BCUT2D eigenvalue weighted by atomic mass is 16.5. The monoisotopic (exact) mass is 361 g/mol. The number of furan rings is 1. The predicted octanol–water partition coefficient (Wildman–Crippen LogP) is 4.52. The largest absolute Gasteiger partial charge is 0.493 e. The minimum absolute atomic E-state index is 0.516. The van der Waals surface area contributed by atoms with Gasteiger partial charge in [-0.1, -0.05) is 30.3 Å². The minimum atomic E-state index is 0.516. The van der Waals surface area contributed by atoms with E-state index >= 15 is 0 Å². The standard InChI is InChI=1S/C21H19N3O3/c1-25-18-11-16-17(12-19(18)26-2)23-20(14-7-4-3-5-8-14)24-21(16)22-13-15-9-6-10-27-15/h3-12H,13H2,1-2H3,(H,22,23,24). The van der Waals surface area contributed by atoms with Crippen LogP contribution in [0.3, 0.4) is 0 Å². The average molecular weight is 361 g/mol. The van der Waals surface area contributed by atoms with Gasteiger partial charge >= 0.3 is 0 Å². The summed E-state index contributed by atoms with van der Waals surface area (Å²) in [6.45, 7) is 0.516. The number of nitrogens with zero attached hydrogens (tertiary/aromatic N) is 2. The first kappa shape index (κ1) is 16.9. The fourth-order valence-electron chi connectivity index (χ4n) is 2.89. The third-order valence-electron chi connectivity index (χ3n) is 4.24. The molecule has 2 aromatic carbocycles. The fourth-order valence-corrected chi connectivity index (χ4v) is 2.89. The van der Waals surface area contributed by atoms with E-state index in [1.54, 1.807) is 20.5 Å². The number of rotatable bonds is 6. The van der Waals surface area contributed by atoms with Gasteiger partial charge in [0.1, 0.15) is 11.6 Å². The van der Waals surface area contributed by atoms with Crippen molar-refractivity contribution in [2.24, 2.45) is 0 Å². The molecule has 136 valence electrons. The van der Waals surface area contributed by atoms with Crippen LogP contribution in [0.5, 0.6) is 11.5 Å². The fraction of sp³-hybridized carbons (Fsp3) is 0.143. The molecule has 6 nitrogen and oxygen atoms in total. The van der Waals surface area contributed by atoms with Crippen molar-refractivity contribution in [1.29, 1.82) is 0 Å². The number of fused-ring (bicyclic) bond motifs is 1. The molecule has 0 aliphatic rings. The molecule has 0 aliphatic carbocycles. The molecule has 0 saturated heterocycles. The van der Waals surface area contributed by atoms with Crippen LogP contribution in [0, 0.1) is 0 Å².